The second-order valence-corrected chi connectivity index (χ2v) is 8.79. The van der Waals surface area contributed by atoms with Crippen LogP contribution in [0, 0.1) is 0 Å². The second-order valence-electron chi connectivity index (χ2n) is 7.44. The Balaban J connectivity index is 0. The van der Waals surface area contributed by atoms with Crippen molar-refractivity contribution >= 4 is 10.1 Å². The maximum Gasteiger partial charge on any atom is 0.124 e. The van der Waals surface area contributed by atoms with Crippen LogP contribution >= 0.6 is 0 Å². The number of rotatable bonds is 13. The Morgan fingerprint density at radius 3 is 1.68 bits per heavy atom. The fourth-order valence-electron chi connectivity index (χ4n) is 2.93. The summed E-state index contributed by atoms with van der Waals surface area (Å²) in [6.45, 7) is 5.69. The molecule has 1 rings (SSSR count). The van der Waals surface area contributed by atoms with Crippen molar-refractivity contribution in [2.75, 3.05) is 0 Å². The van der Waals surface area contributed by atoms with Gasteiger partial charge in [0.25, 0.3) is 0 Å². The number of hydrogen-bond acceptors (Lipinski definition) is 4. The molecule has 0 saturated heterocycles. The largest absolute Gasteiger partial charge is 0.744 e. The SMILES string of the molecule is CC(C)O.CCCCCCCCCCCCCc1ccccc1S(=O)(=O)[O-].[Ti]. The van der Waals surface area contributed by atoms with Crippen molar-refractivity contribution in [3.05, 3.63) is 29.8 Å². The van der Waals surface area contributed by atoms with Crippen LogP contribution in [0.3, 0.4) is 0 Å². The Morgan fingerprint density at radius 1 is 0.857 bits per heavy atom. The summed E-state index contributed by atoms with van der Waals surface area (Å²) in [6.07, 6.45) is 14.4. The minimum absolute atomic E-state index is 0. The van der Waals surface area contributed by atoms with Crippen molar-refractivity contribution < 1.29 is 39.8 Å². The molecule has 0 aromatic heterocycles. The van der Waals surface area contributed by atoms with Gasteiger partial charge >= 0.3 is 0 Å². The smallest absolute Gasteiger partial charge is 0.124 e. The van der Waals surface area contributed by atoms with Crippen LogP contribution in [-0.4, -0.2) is 24.2 Å². The van der Waals surface area contributed by atoms with Gasteiger partial charge in [0.2, 0.25) is 0 Å². The van der Waals surface area contributed by atoms with Crippen LogP contribution in [0.25, 0.3) is 0 Å². The molecule has 0 aliphatic rings. The summed E-state index contributed by atoms with van der Waals surface area (Å²) < 4.78 is 33.6. The molecule has 0 amide bonds. The zero-order valence-electron chi connectivity index (χ0n) is 18.0. The molecule has 0 saturated carbocycles. The first-order chi connectivity index (χ1) is 12.8. The van der Waals surface area contributed by atoms with Gasteiger partial charge in [0.15, 0.2) is 0 Å². The van der Waals surface area contributed by atoms with Gasteiger partial charge in [0, 0.05) is 27.8 Å². The van der Waals surface area contributed by atoms with Crippen molar-refractivity contribution in [3.63, 3.8) is 0 Å². The summed E-state index contributed by atoms with van der Waals surface area (Å²) in [6, 6.07) is 6.56. The molecule has 28 heavy (non-hydrogen) atoms. The quantitative estimate of drug-likeness (QED) is 0.234. The summed E-state index contributed by atoms with van der Waals surface area (Å²) >= 11 is 0. The van der Waals surface area contributed by atoms with E-state index >= 15 is 0 Å². The van der Waals surface area contributed by atoms with Crippen LogP contribution < -0.4 is 0 Å². The molecule has 0 spiro atoms. The summed E-state index contributed by atoms with van der Waals surface area (Å²) in [5, 5.41) is 8.06. The minimum atomic E-state index is -4.35. The van der Waals surface area contributed by atoms with E-state index in [1.165, 1.54) is 63.9 Å². The first-order valence-corrected chi connectivity index (χ1v) is 11.9. The van der Waals surface area contributed by atoms with E-state index in [1.807, 2.05) is 0 Å². The molecule has 0 heterocycles. The van der Waals surface area contributed by atoms with Gasteiger partial charge in [-0.15, -0.1) is 0 Å². The second kappa shape index (κ2) is 18.8. The third kappa shape index (κ3) is 17.9. The predicted molar refractivity (Wildman–Crippen MR) is 112 cm³/mol. The average Bonchev–Trinajstić information content (AvgIpc) is 2.59. The molecule has 0 bridgehead atoms. The van der Waals surface area contributed by atoms with Gasteiger partial charge in [0.1, 0.15) is 10.1 Å². The fraction of sp³-hybridized carbons (Fsp3) is 0.727. The molecule has 0 atom stereocenters. The Morgan fingerprint density at radius 2 is 1.25 bits per heavy atom. The Bertz CT molecular complexity index is 571. The van der Waals surface area contributed by atoms with Gasteiger partial charge in [0.05, 0.1) is 4.90 Å². The van der Waals surface area contributed by atoms with Crippen molar-refractivity contribution in [3.8, 4) is 0 Å². The normalized spacial score (nSPS) is 10.9. The van der Waals surface area contributed by atoms with Crippen LogP contribution in [0.5, 0.6) is 0 Å². The molecule has 0 unspecified atom stereocenters. The number of aliphatic hydroxyl groups is 1. The molecular weight excluding hydrogens is 408 g/mol. The van der Waals surface area contributed by atoms with Gasteiger partial charge < -0.3 is 9.66 Å². The van der Waals surface area contributed by atoms with Crippen molar-refractivity contribution in [1.82, 2.24) is 0 Å². The number of aliphatic hydroxyl groups excluding tert-OH is 1. The number of benzene rings is 1. The molecule has 0 aliphatic carbocycles. The molecule has 1 N–H and O–H groups in total. The number of unbranched alkanes of at least 4 members (excludes halogenated alkanes) is 10. The zero-order valence-corrected chi connectivity index (χ0v) is 20.3. The predicted octanol–water partition coefficient (Wildman–Crippen LogP) is 5.83. The molecule has 6 heteroatoms. The minimum Gasteiger partial charge on any atom is -0.744 e. The van der Waals surface area contributed by atoms with Crippen LogP contribution in [0.4, 0.5) is 0 Å². The van der Waals surface area contributed by atoms with Crippen molar-refractivity contribution in [2.24, 2.45) is 0 Å². The standard InChI is InChI=1S/C19H32O3S.C3H8O.Ti/c1-2-3-4-5-6-7-8-9-10-11-12-15-18-16-13-14-17-19(18)23(20,21)22;1-3(2)4;/h13-14,16-17H,2-12,15H2,1H3,(H,20,21,22);3-4H,1-2H3;/p-1. The third-order valence-electron chi connectivity index (χ3n) is 4.29. The zero-order chi connectivity index (χ0) is 20.5. The van der Waals surface area contributed by atoms with Gasteiger partial charge in [-0.25, -0.2) is 8.42 Å². The van der Waals surface area contributed by atoms with E-state index in [4.69, 9.17) is 5.11 Å². The summed E-state index contributed by atoms with van der Waals surface area (Å²) in [5.74, 6) is 0. The Kier molecular flexibility index (Phi) is 20.2. The Labute approximate surface area is 188 Å². The van der Waals surface area contributed by atoms with Crippen LogP contribution in [0.2, 0.25) is 0 Å². The van der Waals surface area contributed by atoms with Crippen molar-refractivity contribution in [2.45, 2.75) is 109 Å². The van der Waals surface area contributed by atoms with E-state index in [-0.39, 0.29) is 32.7 Å². The summed E-state index contributed by atoms with van der Waals surface area (Å²) in [4.78, 5) is -0.0490. The summed E-state index contributed by atoms with van der Waals surface area (Å²) in [5.41, 5.74) is 0.665. The van der Waals surface area contributed by atoms with Crippen LogP contribution in [0.15, 0.2) is 29.2 Å². The van der Waals surface area contributed by atoms with E-state index in [2.05, 4.69) is 6.92 Å². The van der Waals surface area contributed by atoms with Crippen LogP contribution in [0.1, 0.15) is 97.0 Å². The molecular formula is C22H39O4STi-. The average molecular weight is 447 g/mol. The molecule has 162 valence electrons. The van der Waals surface area contributed by atoms with E-state index in [0.717, 1.165) is 12.8 Å². The first kappa shape index (κ1) is 30.0. The number of hydrogen-bond donors (Lipinski definition) is 1. The van der Waals surface area contributed by atoms with Gasteiger partial charge in [-0.3, -0.25) is 0 Å². The number of aryl methyl sites for hydroxylation is 1. The van der Waals surface area contributed by atoms with E-state index < -0.39 is 10.1 Å². The molecule has 0 aliphatic heterocycles. The first-order valence-electron chi connectivity index (χ1n) is 10.5. The van der Waals surface area contributed by atoms with Crippen LogP contribution in [-0.2, 0) is 38.3 Å². The molecule has 0 radical (unpaired) electrons. The van der Waals surface area contributed by atoms with E-state index in [1.54, 1.807) is 32.0 Å². The van der Waals surface area contributed by atoms with Gasteiger partial charge in [-0.05, 0) is 38.3 Å². The topological polar surface area (TPSA) is 77.4 Å². The van der Waals surface area contributed by atoms with E-state index in [0.29, 0.717) is 12.0 Å². The maximum atomic E-state index is 11.2. The molecule has 1 aromatic rings. The monoisotopic (exact) mass is 447 g/mol. The van der Waals surface area contributed by atoms with Gasteiger partial charge in [-0.1, -0.05) is 89.3 Å². The maximum absolute atomic E-state index is 11.2. The Hall–Kier alpha value is -0.196. The molecule has 4 nitrogen and oxygen atoms in total. The van der Waals surface area contributed by atoms with Crippen molar-refractivity contribution in [1.29, 1.82) is 0 Å². The molecule has 1 aromatic carbocycles. The summed E-state index contributed by atoms with van der Waals surface area (Å²) in [7, 11) is -4.35. The van der Waals surface area contributed by atoms with Gasteiger partial charge in [-0.2, -0.15) is 0 Å². The fourth-order valence-corrected chi connectivity index (χ4v) is 3.67. The molecule has 0 fully saturated rings. The van der Waals surface area contributed by atoms with E-state index in [9.17, 15) is 13.0 Å². The third-order valence-corrected chi connectivity index (χ3v) is 5.23.